The van der Waals surface area contributed by atoms with Crippen LogP contribution in [0.5, 0.6) is 0 Å². The van der Waals surface area contributed by atoms with Gasteiger partial charge in [-0.05, 0) is 31.5 Å². The molecule has 0 aliphatic carbocycles. The average molecular weight is 381 g/mol. The molecule has 0 spiro atoms. The maximum atomic E-state index is 13.6. The van der Waals surface area contributed by atoms with Gasteiger partial charge in [0, 0.05) is 24.2 Å². The molecule has 0 bridgehead atoms. The highest BCUT2D eigenvalue weighted by atomic mass is 19.1. The van der Waals surface area contributed by atoms with E-state index in [-0.39, 0.29) is 24.6 Å². The molecule has 0 unspecified atom stereocenters. The van der Waals surface area contributed by atoms with E-state index in [1.54, 1.807) is 26.0 Å². The van der Waals surface area contributed by atoms with Gasteiger partial charge in [-0.15, -0.1) is 0 Å². The van der Waals surface area contributed by atoms with Crippen LogP contribution in [0.3, 0.4) is 0 Å². The molecule has 7 heteroatoms. The summed E-state index contributed by atoms with van der Waals surface area (Å²) in [5.41, 5.74) is 2.31. The second kappa shape index (κ2) is 8.47. The molecule has 0 radical (unpaired) electrons. The van der Waals surface area contributed by atoms with Crippen molar-refractivity contribution in [1.29, 1.82) is 0 Å². The first kappa shape index (κ1) is 19.3. The van der Waals surface area contributed by atoms with Crippen LogP contribution in [-0.4, -0.2) is 30.1 Å². The normalized spacial score (nSPS) is 10.5. The lowest BCUT2D eigenvalue weighted by Gasteiger charge is -2.08. The van der Waals surface area contributed by atoms with Gasteiger partial charge >= 0.3 is 0 Å². The van der Waals surface area contributed by atoms with E-state index in [1.807, 2.05) is 30.3 Å². The molecule has 144 valence electrons. The van der Waals surface area contributed by atoms with Crippen molar-refractivity contribution in [2.75, 3.05) is 13.1 Å². The van der Waals surface area contributed by atoms with E-state index in [0.717, 1.165) is 5.56 Å². The van der Waals surface area contributed by atoms with Gasteiger partial charge in [0.15, 0.2) is 0 Å². The van der Waals surface area contributed by atoms with Crippen LogP contribution in [0.15, 0.2) is 53.1 Å². The van der Waals surface area contributed by atoms with Gasteiger partial charge in [0.1, 0.15) is 22.8 Å². The van der Waals surface area contributed by atoms with E-state index in [4.69, 9.17) is 4.52 Å². The summed E-state index contributed by atoms with van der Waals surface area (Å²) < 4.78 is 18.7. The fraction of sp³-hybridized carbons (Fsp3) is 0.190. The summed E-state index contributed by atoms with van der Waals surface area (Å²) in [5.74, 6) is -0.764. The molecule has 2 N–H and O–H groups in total. The second-order valence-corrected chi connectivity index (χ2v) is 6.30. The number of carbonyl (C=O) groups is 2. The number of carbonyl (C=O) groups excluding carboxylic acids is 2. The number of nitrogens with one attached hydrogen (secondary N) is 2. The van der Waals surface area contributed by atoms with Crippen molar-refractivity contribution in [3.8, 4) is 11.3 Å². The van der Waals surface area contributed by atoms with Crippen LogP contribution < -0.4 is 10.6 Å². The van der Waals surface area contributed by atoms with Crippen LogP contribution in [0.1, 0.15) is 32.0 Å². The molecule has 3 rings (SSSR count). The topological polar surface area (TPSA) is 84.2 Å². The Morgan fingerprint density at radius 1 is 1.00 bits per heavy atom. The van der Waals surface area contributed by atoms with Crippen molar-refractivity contribution >= 4 is 11.8 Å². The number of hydrogen-bond donors (Lipinski definition) is 2. The Balaban J connectivity index is 1.57. The molecule has 0 aliphatic heterocycles. The highest BCUT2D eigenvalue weighted by molar-refractivity contribution is 6.00. The summed E-state index contributed by atoms with van der Waals surface area (Å²) in [6.07, 6.45) is 0. The maximum absolute atomic E-state index is 13.6. The zero-order valence-corrected chi connectivity index (χ0v) is 15.6. The smallest absolute Gasteiger partial charge is 0.257 e. The lowest BCUT2D eigenvalue weighted by molar-refractivity contribution is 0.0927. The predicted molar refractivity (Wildman–Crippen MR) is 102 cm³/mol. The summed E-state index contributed by atoms with van der Waals surface area (Å²) >= 11 is 0. The summed E-state index contributed by atoms with van der Waals surface area (Å²) in [7, 11) is 0. The largest absolute Gasteiger partial charge is 0.360 e. The second-order valence-electron chi connectivity index (χ2n) is 6.30. The van der Waals surface area contributed by atoms with Crippen LogP contribution >= 0.6 is 0 Å². The van der Waals surface area contributed by atoms with Crippen LogP contribution in [-0.2, 0) is 0 Å². The maximum Gasteiger partial charge on any atom is 0.257 e. The number of nitrogens with zero attached hydrogens (tertiary/aromatic N) is 1. The van der Waals surface area contributed by atoms with E-state index in [1.165, 1.54) is 6.07 Å². The highest BCUT2D eigenvalue weighted by Crippen LogP contribution is 2.24. The van der Waals surface area contributed by atoms with E-state index in [9.17, 15) is 14.0 Å². The third-order valence-corrected chi connectivity index (χ3v) is 4.27. The van der Waals surface area contributed by atoms with Crippen LogP contribution in [0.2, 0.25) is 0 Å². The van der Waals surface area contributed by atoms with Gasteiger partial charge in [-0.1, -0.05) is 41.6 Å². The third kappa shape index (κ3) is 4.25. The Bertz CT molecular complexity index is 999. The average Bonchev–Trinajstić information content (AvgIpc) is 3.09. The lowest BCUT2D eigenvalue weighted by atomic mass is 10.1. The number of benzene rings is 2. The molecule has 0 saturated heterocycles. The van der Waals surface area contributed by atoms with Crippen LogP contribution in [0, 0.1) is 19.7 Å². The molecule has 28 heavy (non-hydrogen) atoms. The van der Waals surface area contributed by atoms with Gasteiger partial charge in [0.2, 0.25) is 0 Å². The Morgan fingerprint density at radius 2 is 1.68 bits per heavy atom. The first-order valence-corrected chi connectivity index (χ1v) is 8.81. The van der Waals surface area contributed by atoms with Crippen molar-refractivity contribution in [2.45, 2.75) is 13.8 Å². The molecule has 0 aliphatic rings. The summed E-state index contributed by atoms with van der Waals surface area (Å²) in [5, 5.41) is 9.36. The fourth-order valence-corrected chi connectivity index (χ4v) is 2.71. The molecular weight excluding hydrogens is 361 g/mol. The third-order valence-electron chi connectivity index (χ3n) is 4.27. The number of aromatic nitrogens is 1. The molecule has 6 nitrogen and oxygen atoms in total. The van der Waals surface area contributed by atoms with E-state index >= 15 is 0 Å². The molecule has 0 saturated carbocycles. The molecule has 2 aromatic carbocycles. The van der Waals surface area contributed by atoms with Crippen molar-refractivity contribution in [3.63, 3.8) is 0 Å². The summed E-state index contributed by atoms with van der Waals surface area (Å²) in [6, 6.07) is 13.6. The minimum atomic E-state index is -0.433. The van der Waals surface area contributed by atoms with Crippen molar-refractivity contribution in [2.24, 2.45) is 0 Å². The zero-order valence-electron chi connectivity index (χ0n) is 15.6. The van der Waals surface area contributed by atoms with E-state index in [0.29, 0.717) is 22.6 Å². The highest BCUT2D eigenvalue weighted by Gasteiger charge is 2.21. The molecular formula is C21H20FN3O3. The Morgan fingerprint density at radius 3 is 2.36 bits per heavy atom. The first-order valence-electron chi connectivity index (χ1n) is 8.81. The van der Waals surface area contributed by atoms with Crippen LogP contribution in [0.4, 0.5) is 4.39 Å². The Labute approximate surface area is 161 Å². The van der Waals surface area contributed by atoms with Gasteiger partial charge in [0.25, 0.3) is 11.8 Å². The SMILES string of the molecule is Cc1ccc(C(=O)NCCNC(=O)c2c(-c3ccccc3)noc2C)cc1F. The Hall–Kier alpha value is -3.48. The number of halogens is 1. The minimum absolute atomic E-state index is 0.199. The van der Waals surface area contributed by atoms with E-state index < -0.39 is 11.7 Å². The van der Waals surface area contributed by atoms with Crippen molar-refractivity contribution < 1.29 is 18.5 Å². The number of amides is 2. The van der Waals surface area contributed by atoms with Gasteiger partial charge < -0.3 is 15.2 Å². The summed E-state index contributed by atoms with van der Waals surface area (Å²) in [6.45, 7) is 3.70. The quantitative estimate of drug-likeness (QED) is 0.642. The van der Waals surface area contributed by atoms with Gasteiger partial charge in [-0.2, -0.15) is 0 Å². The molecule has 2 amide bonds. The van der Waals surface area contributed by atoms with E-state index in [2.05, 4.69) is 15.8 Å². The number of hydrogen-bond acceptors (Lipinski definition) is 4. The summed E-state index contributed by atoms with van der Waals surface area (Å²) in [4.78, 5) is 24.6. The van der Waals surface area contributed by atoms with Crippen LogP contribution in [0.25, 0.3) is 11.3 Å². The van der Waals surface area contributed by atoms with Crippen molar-refractivity contribution in [1.82, 2.24) is 15.8 Å². The van der Waals surface area contributed by atoms with Gasteiger partial charge in [0.05, 0.1) is 0 Å². The minimum Gasteiger partial charge on any atom is -0.360 e. The standard InChI is InChI=1S/C21H20FN3O3/c1-13-8-9-16(12-17(13)22)20(26)23-10-11-24-21(27)18-14(2)28-25-19(18)15-6-4-3-5-7-15/h3-9,12H,10-11H2,1-2H3,(H,23,26)(H,24,27). The molecule has 1 aromatic heterocycles. The van der Waals surface area contributed by atoms with Gasteiger partial charge in [-0.3, -0.25) is 9.59 Å². The molecule has 0 atom stereocenters. The van der Waals surface area contributed by atoms with Crippen molar-refractivity contribution in [3.05, 3.63) is 76.8 Å². The molecule has 1 heterocycles. The lowest BCUT2D eigenvalue weighted by Crippen LogP contribution is -2.35. The monoisotopic (exact) mass is 381 g/mol. The number of aryl methyl sites for hydroxylation is 2. The predicted octanol–water partition coefficient (Wildman–Crippen LogP) is 3.26. The zero-order chi connectivity index (χ0) is 20.1. The fourth-order valence-electron chi connectivity index (χ4n) is 2.71. The molecule has 0 fully saturated rings. The Kier molecular flexibility index (Phi) is 5.84. The molecule has 3 aromatic rings. The number of rotatable bonds is 6. The van der Waals surface area contributed by atoms with Gasteiger partial charge in [-0.25, -0.2) is 4.39 Å². The first-order chi connectivity index (χ1) is 13.5.